The molecule has 19 heavy (non-hydrogen) atoms. The smallest absolute Gasteiger partial charge is 0.248 e. The molecule has 0 atom stereocenters. The second-order valence-electron chi connectivity index (χ2n) is 5.49. The summed E-state index contributed by atoms with van der Waals surface area (Å²) in [5.74, 6) is -1.17. The van der Waals surface area contributed by atoms with E-state index in [9.17, 15) is 4.79 Å². The van der Waals surface area contributed by atoms with Gasteiger partial charge < -0.3 is 15.2 Å². The minimum atomic E-state index is -0.738. The quantitative estimate of drug-likeness (QED) is 0.907. The highest BCUT2D eigenvalue weighted by molar-refractivity contribution is 5.92. The summed E-state index contributed by atoms with van der Waals surface area (Å²) in [7, 11) is 0. The van der Waals surface area contributed by atoms with E-state index in [0.29, 0.717) is 18.8 Å². The van der Waals surface area contributed by atoms with Gasteiger partial charge in [0.05, 0.1) is 13.2 Å². The average Bonchev–Trinajstić information content (AvgIpc) is 2.90. The SMILES string of the molecule is CCC(C)(C)C1(c2ccc(C(N)=O)cc2)OCCO1. The number of nitrogens with two attached hydrogens (primary N) is 1. The highest BCUT2D eigenvalue weighted by Gasteiger charge is 2.50. The van der Waals surface area contributed by atoms with Gasteiger partial charge in [0.25, 0.3) is 0 Å². The normalized spacial score (nSPS) is 18.5. The number of primary amides is 1. The Kier molecular flexibility index (Phi) is 3.65. The van der Waals surface area contributed by atoms with Crippen molar-refractivity contribution < 1.29 is 14.3 Å². The molecule has 0 saturated carbocycles. The molecule has 1 heterocycles. The molecular formula is C15H21NO3. The Hall–Kier alpha value is -1.39. The molecule has 0 radical (unpaired) electrons. The lowest BCUT2D eigenvalue weighted by Crippen LogP contribution is -2.42. The van der Waals surface area contributed by atoms with Crippen LogP contribution in [0.15, 0.2) is 24.3 Å². The molecule has 0 unspecified atom stereocenters. The first-order valence-electron chi connectivity index (χ1n) is 6.61. The van der Waals surface area contributed by atoms with Crippen LogP contribution < -0.4 is 5.73 Å². The lowest BCUT2D eigenvalue weighted by atomic mass is 9.76. The number of carbonyl (C=O) groups excluding carboxylic acids is 1. The van der Waals surface area contributed by atoms with E-state index in [1.807, 2.05) is 12.1 Å². The molecule has 2 rings (SSSR count). The first kappa shape index (κ1) is 14.0. The number of benzene rings is 1. The minimum absolute atomic E-state index is 0.155. The van der Waals surface area contributed by atoms with Gasteiger partial charge in [-0.2, -0.15) is 0 Å². The summed E-state index contributed by atoms with van der Waals surface area (Å²) in [6, 6.07) is 7.16. The zero-order valence-corrected chi connectivity index (χ0v) is 11.7. The van der Waals surface area contributed by atoms with Crippen molar-refractivity contribution in [2.45, 2.75) is 33.0 Å². The van der Waals surface area contributed by atoms with E-state index >= 15 is 0 Å². The van der Waals surface area contributed by atoms with E-state index in [4.69, 9.17) is 15.2 Å². The zero-order chi connectivity index (χ0) is 14.1. The molecule has 0 aliphatic carbocycles. The van der Waals surface area contributed by atoms with Gasteiger partial charge in [-0.15, -0.1) is 0 Å². The van der Waals surface area contributed by atoms with E-state index < -0.39 is 11.7 Å². The van der Waals surface area contributed by atoms with Crippen molar-refractivity contribution in [3.05, 3.63) is 35.4 Å². The number of hydrogen-bond donors (Lipinski definition) is 1. The van der Waals surface area contributed by atoms with Crippen LogP contribution in [0.3, 0.4) is 0 Å². The van der Waals surface area contributed by atoms with Crippen LogP contribution in [0.5, 0.6) is 0 Å². The third kappa shape index (κ3) is 2.26. The van der Waals surface area contributed by atoms with Crippen molar-refractivity contribution in [2.24, 2.45) is 11.1 Å². The highest BCUT2D eigenvalue weighted by Crippen LogP contribution is 2.48. The molecule has 1 amide bonds. The Morgan fingerprint density at radius 3 is 2.21 bits per heavy atom. The molecule has 1 saturated heterocycles. The topological polar surface area (TPSA) is 61.6 Å². The van der Waals surface area contributed by atoms with Crippen LogP contribution in [0.4, 0.5) is 0 Å². The van der Waals surface area contributed by atoms with Crippen molar-refractivity contribution in [3.63, 3.8) is 0 Å². The van der Waals surface area contributed by atoms with Gasteiger partial charge in [-0.05, 0) is 18.6 Å². The van der Waals surface area contributed by atoms with E-state index in [0.717, 1.165) is 12.0 Å². The molecule has 1 aromatic rings. The molecule has 0 aromatic heterocycles. The minimum Gasteiger partial charge on any atom is -0.366 e. The van der Waals surface area contributed by atoms with Gasteiger partial charge in [-0.25, -0.2) is 0 Å². The van der Waals surface area contributed by atoms with E-state index in [1.165, 1.54) is 0 Å². The molecule has 0 bridgehead atoms. The predicted molar refractivity (Wildman–Crippen MR) is 72.6 cm³/mol. The summed E-state index contributed by atoms with van der Waals surface area (Å²) in [5.41, 5.74) is 6.53. The summed E-state index contributed by atoms with van der Waals surface area (Å²) in [6.45, 7) is 7.53. The van der Waals surface area contributed by atoms with Gasteiger partial charge in [-0.1, -0.05) is 32.9 Å². The monoisotopic (exact) mass is 263 g/mol. The lowest BCUT2D eigenvalue weighted by molar-refractivity contribution is -0.239. The summed E-state index contributed by atoms with van der Waals surface area (Å²) in [4.78, 5) is 11.1. The van der Waals surface area contributed by atoms with Crippen molar-refractivity contribution in [1.82, 2.24) is 0 Å². The standard InChI is InChI=1S/C15H21NO3/c1-4-14(2,3)15(18-9-10-19-15)12-7-5-11(6-8-12)13(16)17/h5-8H,4,9-10H2,1-3H3,(H2,16,17). The fraction of sp³-hybridized carbons (Fsp3) is 0.533. The first-order valence-corrected chi connectivity index (χ1v) is 6.61. The van der Waals surface area contributed by atoms with E-state index in [1.54, 1.807) is 12.1 Å². The van der Waals surface area contributed by atoms with Gasteiger partial charge in [0.1, 0.15) is 0 Å². The molecule has 4 heteroatoms. The van der Waals surface area contributed by atoms with Gasteiger partial charge in [-0.3, -0.25) is 4.79 Å². The van der Waals surface area contributed by atoms with Crippen molar-refractivity contribution in [1.29, 1.82) is 0 Å². The third-order valence-corrected chi connectivity index (χ3v) is 4.02. The molecule has 0 spiro atoms. The van der Waals surface area contributed by atoms with Gasteiger partial charge in [0, 0.05) is 16.5 Å². The number of amides is 1. The Labute approximate surface area is 113 Å². The van der Waals surface area contributed by atoms with E-state index in [2.05, 4.69) is 20.8 Å². The van der Waals surface area contributed by atoms with Crippen LogP contribution in [0, 0.1) is 5.41 Å². The van der Waals surface area contributed by atoms with Crippen LogP contribution in [-0.2, 0) is 15.3 Å². The van der Waals surface area contributed by atoms with Crippen molar-refractivity contribution in [2.75, 3.05) is 13.2 Å². The van der Waals surface area contributed by atoms with Crippen LogP contribution in [0.1, 0.15) is 43.1 Å². The maximum Gasteiger partial charge on any atom is 0.248 e. The zero-order valence-electron chi connectivity index (χ0n) is 11.7. The van der Waals surface area contributed by atoms with Crippen LogP contribution >= 0.6 is 0 Å². The molecule has 2 N–H and O–H groups in total. The maximum absolute atomic E-state index is 11.1. The fourth-order valence-electron chi connectivity index (χ4n) is 2.45. The van der Waals surface area contributed by atoms with Gasteiger partial charge in [0.2, 0.25) is 5.91 Å². The van der Waals surface area contributed by atoms with Crippen molar-refractivity contribution >= 4 is 5.91 Å². The first-order chi connectivity index (χ1) is 8.93. The molecule has 4 nitrogen and oxygen atoms in total. The summed E-state index contributed by atoms with van der Waals surface area (Å²) >= 11 is 0. The highest BCUT2D eigenvalue weighted by atomic mass is 16.7. The summed E-state index contributed by atoms with van der Waals surface area (Å²) in [5, 5.41) is 0. The number of carbonyl (C=O) groups is 1. The molecule has 104 valence electrons. The number of ether oxygens (including phenoxy) is 2. The van der Waals surface area contributed by atoms with Crippen LogP contribution in [0.25, 0.3) is 0 Å². The number of rotatable bonds is 4. The summed E-state index contributed by atoms with van der Waals surface area (Å²) < 4.78 is 11.9. The third-order valence-electron chi connectivity index (χ3n) is 4.02. The molecule has 1 aromatic carbocycles. The largest absolute Gasteiger partial charge is 0.366 e. The second kappa shape index (κ2) is 4.94. The Bertz CT molecular complexity index is 459. The Morgan fingerprint density at radius 1 is 1.26 bits per heavy atom. The molecule has 1 aliphatic heterocycles. The predicted octanol–water partition coefficient (Wildman–Crippen LogP) is 2.42. The summed E-state index contributed by atoms with van der Waals surface area (Å²) in [6.07, 6.45) is 0.921. The van der Waals surface area contributed by atoms with Crippen LogP contribution in [-0.4, -0.2) is 19.1 Å². The van der Waals surface area contributed by atoms with Gasteiger partial charge >= 0.3 is 0 Å². The molecule has 1 fully saturated rings. The Morgan fingerprint density at radius 2 is 1.79 bits per heavy atom. The van der Waals surface area contributed by atoms with Gasteiger partial charge in [0.15, 0.2) is 5.79 Å². The second-order valence-corrected chi connectivity index (χ2v) is 5.49. The lowest BCUT2D eigenvalue weighted by Gasteiger charge is -2.42. The van der Waals surface area contributed by atoms with Crippen molar-refractivity contribution in [3.8, 4) is 0 Å². The fourth-order valence-corrected chi connectivity index (χ4v) is 2.45. The molecular weight excluding hydrogens is 242 g/mol. The average molecular weight is 263 g/mol. The van der Waals surface area contributed by atoms with E-state index in [-0.39, 0.29) is 5.41 Å². The number of hydrogen-bond acceptors (Lipinski definition) is 3. The van der Waals surface area contributed by atoms with Crippen LogP contribution in [0.2, 0.25) is 0 Å². The Balaban J connectivity index is 2.42. The maximum atomic E-state index is 11.1. The molecule has 1 aliphatic rings.